The number of benzene rings is 8. The summed E-state index contributed by atoms with van der Waals surface area (Å²) in [5, 5.41) is 6.25. The highest BCUT2D eigenvalue weighted by molar-refractivity contribution is 6.26. The summed E-state index contributed by atoms with van der Waals surface area (Å²) in [4.78, 5) is 7.77. The molecule has 0 spiro atoms. The van der Waals surface area contributed by atoms with E-state index in [0.29, 0.717) is 0 Å². The monoisotopic (exact) mass is 817 g/mol. The van der Waals surface area contributed by atoms with Crippen LogP contribution in [0.5, 0.6) is 0 Å². The molecule has 1 aliphatic carbocycles. The molecule has 14 rings (SSSR count). The fraction of sp³-hybridized carbons (Fsp3) is 0.0339. The first-order valence-electron chi connectivity index (χ1n) is 22.1. The molecule has 5 heterocycles. The molecule has 2 unspecified atom stereocenters. The van der Waals surface area contributed by atoms with Gasteiger partial charge in [0.2, 0.25) is 0 Å². The van der Waals surface area contributed by atoms with Gasteiger partial charge in [0.25, 0.3) is 0 Å². The summed E-state index contributed by atoms with van der Waals surface area (Å²) in [6.07, 6.45) is 4.77. The quantitative estimate of drug-likeness (QED) is 0.173. The average molecular weight is 818 g/mol. The van der Waals surface area contributed by atoms with Crippen molar-refractivity contribution in [2.24, 2.45) is 0 Å². The van der Waals surface area contributed by atoms with Crippen molar-refractivity contribution in [3.8, 4) is 28.3 Å². The third-order valence-electron chi connectivity index (χ3n) is 13.8. The van der Waals surface area contributed by atoms with E-state index in [1.165, 1.54) is 77.0 Å². The summed E-state index contributed by atoms with van der Waals surface area (Å²) >= 11 is 0. The van der Waals surface area contributed by atoms with Gasteiger partial charge >= 0.3 is 0 Å². The third-order valence-corrected chi connectivity index (χ3v) is 13.8. The number of anilines is 2. The molecule has 0 N–H and O–H groups in total. The van der Waals surface area contributed by atoms with Gasteiger partial charge in [-0.15, -0.1) is 0 Å². The zero-order valence-corrected chi connectivity index (χ0v) is 34.8. The van der Waals surface area contributed by atoms with E-state index in [1.807, 2.05) is 0 Å². The van der Waals surface area contributed by atoms with Crippen molar-refractivity contribution in [2.45, 2.75) is 12.0 Å². The Morgan fingerprint density at radius 3 is 1.86 bits per heavy atom. The Hall–Kier alpha value is -8.41. The third kappa shape index (κ3) is 4.92. The lowest BCUT2D eigenvalue weighted by atomic mass is 9.84. The van der Waals surface area contributed by atoms with Crippen molar-refractivity contribution in [3.63, 3.8) is 0 Å². The van der Waals surface area contributed by atoms with Crippen LogP contribution in [0.25, 0.3) is 88.9 Å². The predicted molar refractivity (Wildman–Crippen MR) is 265 cm³/mol. The van der Waals surface area contributed by atoms with E-state index < -0.39 is 0 Å². The molecule has 5 heteroatoms. The lowest BCUT2D eigenvalue weighted by Gasteiger charge is -2.31. The van der Waals surface area contributed by atoms with Gasteiger partial charge in [0, 0.05) is 66.5 Å². The zero-order valence-electron chi connectivity index (χ0n) is 34.8. The Bertz CT molecular complexity index is 3870. The topological polar surface area (TPSA) is 30.9 Å². The summed E-state index contributed by atoms with van der Waals surface area (Å²) in [5.41, 5.74) is 16.6. The maximum absolute atomic E-state index is 5.32. The molecule has 1 aliphatic heterocycles. The molecule has 0 amide bonds. The molecule has 0 saturated heterocycles. The van der Waals surface area contributed by atoms with Crippen LogP contribution in [-0.4, -0.2) is 24.7 Å². The number of hydrogen-bond acceptors (Lipinski definition) is 2. The van der Waals surface area contributed by atoms with Crippen molar-refractivity contribution >= 4 is 72.1 Å². The molecular weight excluding hydrogens is 779 g/mol. The van der Waals surface area contributed by atoms with E-state index >= 15 is 0 Å². The number of pyridine rings is 1. The van der Waals surface area contributed by atoms with Crippen LogP contribution in [-0.2, 0) is 0 Å². The molecule has 64 heavy (non-hydrogen) atoms. The second-order valence-electron chi connectivity index (χ2n) is 17.1. The molecule has 2 atom stereocenters. The molecule has 0 radical (unpaired) electrons. The molecule has 4 aromatic heterocycles. The molecular formula is C59H39N5. The van der Waals surface area contributed by atoms with Gasteiger partial charge in [0.15, 0.2) is 0 Å². The number of fused-ring (bicyclic) bond motifs is 14. The Morgan fingerprint density at radius 2 is 1.05 bits per heavy atom. The molecule has 0 fully saturated rings. The smallest absolute Gasteiger partial charge is 0.134 e. The molecule has 0 bridgehead atoms. The van der Waals surface area contributed by atoms with Gasteiger partial charge < -0.3 is 18.6 Å². The van der Waals surface area contributed by atoms with Crippen LogP contribution < -0.4 is 4.90 Å². The van der Waals surface area contributed by atoms with Gasteiger partial charge in [0.05, 0.1) is 45.2 Å². The summed E-state index contributed by atoms with van der Waals surface area (Å²) < 4.78 is 7.47. The lowest BCUT2D eigenvalue weighted by molar-refractivity contribution is 0.689. The van der Waals surface area contributed by atoms with Crippen molar-refractivity contribution in [1.82, 2.24) is 18.7 Å². The van der Waals surface area contributed by atoms with Crippen molar-refractivity contribution in [3.05, 3.63) is 235 Å². The summed E-state index contributed by atoms with van der Waals surface area (Å²) in [6, 6.07) is 77.1. The Labute approximate surface area is 369 Å². The summed E-state index contributed by atoms with van der Waals surface area (Å²) in [6.45, 7) is 0. The number of rotatable bonds is 5. The van der Waals surface area contributed by atoms with Crippen molar-refractivity contribution < 1.29 is 0 Å². The lowest BCUT2D eigenvalue weighted by Crippen LogP contribution is -2.32. The van der Waals surface area contributed by atoms with E-state index in [2.05, 4.69) is 243 Å². The number of hydrogen-bond donors (Lipinski definition) is 0. The van der Waals surface area contributed by atoms with Crippen LogP contribution in [0.1, 0.15) is 22.7 Å². The largest absolute Gasteiger partial charge is 0.318 e. The standard InChI is InChI=1S/C59H39N5/c1-3-17-38(18-4-1)48-27-16-32-55(60-48)64-52-31-14-10-26-47(52)57-54(64)36-34-45-43-24-8-12-29-50(43)63(59(45)57)41-22-15-21-40(37-41)61-51-30-13-9-25-46(51)56-53(61)35-33-44-42-23-7-11-28-49(42)62(58(44)56)39-19-5-2-6-20-39/h1-37,54,57H. The highest BCUT2D eigenvalue weighted by Gasteiger charge is 2.44. The highest BCUT2D eigenvalue weighted by atomic mass is 15.2. The van der Waals surface area contributed by atoms with E-state index in [1.54, 1.807) is 0 Å². The molecule has 12 aromatic rings. The van der Waals surface area contributed by atoms with Gasteiger partial charge in [-0.2, -0.15) is 0 Å². The van der Waals surface area contributed by atoms with Gasteiger partial charge in [-0.1, -0.05) is 152 Å². The second kappa shape index (κ2) is 13.5. The van der Waals surface area contributed by atoms with Crippen LogP contribution in [0, 0.1) is 0 Å². The van der Waals surface area contributed by atoms with Gasteiger partial charge in [-0.05, 0) is 78.4 Å². The number of aromatic nitrogens is 4. The Balaban J connectivity index is 0.984. The molecule has 2 aliphatic rings. The van der Waals surface area contributed by atoms with Gasteiger partial charge in [-0.3, -0.25) is 0 Å². The summed E-state index contributed by atoms with van der Waals surface area (Å²) in [5.74, 6) is 1.02. The van der Waals surface area contributed by atoms with Crippen molar-refractivity contribution in [1.29, 1.82) is 0 Å². The maximum Gasteiger partial charge on any atom is 0.134 e. The van der Waals surface area contributed by atoms with E-state index in [9.17, 15) is 0 Å². The molecule has 5 nitrogen and oxygen atoms in total. The SMILES string of the molecule is C1=CC2C(c3ccccc3N2c2cccc(-c3ccccc3)n2)c2c1c1ccccc1n2-c1cccc(-n2c3ccccc3c3c2ccc2c4ccccc4n(-c4ccccc4)c23)c1. The highest BCUT2D eigenvalue weighted by Crippen LogP contribution is 2.53. The second-order valence-corrected chi connectivity index (χ2v) is 17.1. The zero-order chi connectivity index (χ0) is 41.9. The van der Waals surface area contributed by atoms with Crippen LogP contribution in [0.4, 0.5) is 11.5 Å². The summed E-state index contributed by atoms with van der Waals surface area (Å²) in [7, 11) is 0. The molecule has 8 aromatic carbocycles. The molecule has 300 valence electrons. The Kier molecular flexibility index (Phi) is 7.45. The van der Waals surface area contributed by atoms with E-state index in [0.717, 1.165) is 34.1 Å². The van der Waals surface area contributed by atoms with Crippen LogP contribution in [0.15, 0.2) is 218 Å². The maximum atomic E-state index is 5.32. The van der Waals surface area contributed by atoms with Crippen molar-refractivity contribution in [2.75, 3.05) is 4.90 Å². The number of nitrogens with zero attached hydrogens (tertiary/aromatic N) is 5. The minimum Gasteiger partial charge on any atom is -0.318 e. The first kappa shape index (κ1) is 35.2. The fourth-order valence-electron chi connectivity index (χ4n) is 11.2. The number of para-hydroxylation sites is 5. The first-order chi connectivity index (χ1) is 31.8. The van der Waals surface area contributed by atoms with Gasteiger partial charge in [-0.25, -0.2) is 4.98 Å². The fourth-order valence-corrected chi connectivity index (χ4v) is 11.2. The molecule has 0 saturated carbocycles. The van der Waals surface area contributed by atoms with E-state index in [4.69, 9.17) is 4.98 Å². The first-order valence-corrected chi connectivity index (χ1v) is 22.1. The van der Waals surface area contributed by atoms with Crippen LogP contribution >= 0.6 is 0 Å². The van der Waals surface area contributed by atoms with Gasteiger partial charge in [0.1, 0.15) is 5.82 Å². The Morgan fingerprint density at radius 1 is 0.422 bits per heavy atom. The predicted octanol–water partition coefficient (Wildman–Crippen LogP) is 14.6. The average Bonchev–Trinajstić information content (AvgIpc) is 4.09. The van der Waals surface area contributed by atoms with Crippen LogP contribution in [0.2, 0.25) is 0 Å². The van der Waals surface area contributed by atoms with E-state index in [-0.39, 0.29) is 12.0 Å². The van der Waals surface area contributed by atoms with Crippen LogP contribution in [0.3, 0.4) is 0 Å². The minimum atomic E-state index is 0.0331. The minimum absolute atomic E-state index is 0.0331. The normalized spacial score (nSPS) is 15.4.